The molecule has 0 bridgehead atoms. The Morgan fingerprint density at radius 2 is 1.81 bits per heavy atom. The Balaban J connectivity index is 1.68. The number of anilines is 1. The van der Waals surface area contributed by atoms with Crippen LogP contribution in [0.15, 0.2) is 54.6 Å². The normalized spacial score (nSPS) is 17.3. The zero-order valence-corrected chi connectivity index (χ0v) is 12.8. The second-order valence-corrected chi connectivity index (χ2v) is 5.66. The van der Waals surface area contributed by atoms with E-state index in [0.29, 0.717) is 6.04 Å². The number of nitrogens with one attached hydrogen (secondary N) is 1. The van der Waals surface area contributed by atoms with Crippen LogP contribution in [-0.4, -0.2) is 19.6 Å². The van der Waals surface area contributed by atoms with Crippen LogP contribution in [0.25, 0.3) is 0 Å². The first-order valence-corrected chi connectivity index (χ1v) is 7.99. The molecule has 21 heavy (non-hydrogen) atoms. The van der Waals surface area contributed by atoms with Crippen LogP contribution >= 0.6 is 0 Å². The average Bonchev–Trinajstić information content (AvgIpc) is 2.56. The number of nitrogens with zero attached hydrogens (tertiary/aromatic N) is 1. The van der Waals surface area contributed by atoms with Gasteiger partial charge in [-0.2, -0.15) is 0 Å². The molecule has 2 aromatic carbocycles. The summed E-state index contributed by atoms with van der Waals surface area (Å²) in [5, 5.41) is 3.68. The predicted molar refractivity (Wildman–Crippen MR) is 89.8 cm³/mol. The van der Waals surface area contributed by atoms with Crippen LogP contribution in [0, 0.1) is 0 Å². The van der Waals surface area contributed by atoms with E-state index in [9.17, 15) is 0 Å². The zero-order chi connectivity index (χ0) is 14.5. The number of para-hydroxylation sites is 1. The van der Waals surface area contributed by atoms with Gasteiger partial charge in [0.15, 0.2) is 0 Å². The fraction of sp³-hybridized carbons (Fsp3) is 0.368. The summed E-state index contributed by atoms with van der Waals surface area (Å²) in [6.07, 6.45) is 2.31. The smallest absolute Gasteiger partial charge is 0.0366 e. The molecule has 1 unspecified atom stereocenters. The summed E-state index contributed by atoms with van der Waals surface area (Å²) in [5.41, 5.74) is 4.33. The third-order valence-electron chi connectivity index (χ3n) is 4.41. The van der Waals surface area contributed by atoms with E-state index in [0.717, 1.165) is 32.5 Å². The summed E-state index contributed by atoms with van der Waals surface area (Å²) in [6, 6.07) is 20.1. The average molecular weight is 280 g/mol. The predicted octanol–water partition coefficient (Wildman–Crippen LogP) is 3.79. The van der Waals surface area contributed by atoms with Gasteiger partial charge >= 0.3 is 0 Å². The van der Waals surface area contributed by atoms with E-state index in [1.165, 1.54) is 16.8 Å². The van der Waals surface area contributed by atoms with E-state index in [1.54, 1.807) is 0 Å². The van der Waals surface area contributed by atoms with Gasteiger partial charge in [0, 0.05) is 24.8 Å². The van der Waals surface area contributed by atoms with Crippen molar-refractivity contribution in [2.24, 2.45) is 0 Å². The number of hydrogen-bond donors (Lipinski definition) is 1. The third-order valence-corrected chi connectivity index (χ3v) is 4.41. The first-order valence-electron chi connectivity index (χ1n) is 7.99. The first-order chi connectivity index (χ1) is 10.4. The third kappa shape index (κ3) is 3.27. The largest absolute Gasteiger partial charge is 0.372 e. The number of benzene rings is 2. The molecule has 0 aliphatic carbocycles. The molecule has 0 saturated carbocycles. The molecule has 110 valence electrons. The molecule has 0 aromatic heterocycles. The van der Waals surface area contributed by atoms with Crippen LogP contribution in [0.2, 0.25) is 0 Å². The molecule has 3 rings (SSSR count). The van der Waals surface area contributed by atoms with Crippen molar-refractivity contribution in [3.05, 3.63) is 65.7 Å². The summed E-state index contributed by atoms with van der Waals surface area (Å²) in [6.45, 7) is 5.47. The second kappa shape index (κ2) is 6.77. The highest BCUT2D eigenvalue weighted by Crippen LogP contribution is 2.26. The maximum absolute atomic E-state index is 3.68. The SMILES string of the molecule is CCN(CCC1NCCc2ccccc21)c1ccccc1. The van der Waals surface area contributed by atoms with Crippen molar-refractivity contribution in [1.29, 1.82) is 0 Å². The molecule has 0 saturated heterocycles. The number of fused-ring (bicyclic) bond motifs is 1. The molecule has 1 N–H and O–H groups in total. The van der Waals surface area contributed by atoms with Gasteiger partial charge in [-0.15, -0.1) is 0 Å². The molecule has 0 spiro atoms. The maximum atomic E-state index is 3.68. The molecular weight excluding hydrogens is 256 g/mol. The zero-order valence-electron chi connectivity index (χ0n) is 12.8. The van der Waals surface area contributed by atoms with Crippen LogP contribution in [-0.2, 0) is 6.42 Å². The minimum atomic E-state index is 0.493. The van der Waals surface area contributed by atoms with E-state index in [1.807, 2.05) is 0 Å². The standard InChI is InChI=1S/C19H24N2/c1-2-21(17-9-4-3-5-10-17)15-13-19-18-11-7-6-8-16(18)12-14-20-19/h3-11,19-20H,2,12-15H2,1H3. The summed E-state index contributed by atoms with van der Waals surface area (Å²) < 4.78 is 0. The molecular formula is C19H24N2. The molecule has 1 atom stereocenters. The topological polar surface area (TPSA) is 15.3 Å². The molecule has 0 radical (unpaired) electrons. The molecule has 2 aromatic rings. The fourth-order valence-electron chi connectivity index (χ4n) is 3.24. The lowest BCUT2D eigenvalue weighted by molar-refractivity contribution is 0.474. The Morgan fingerprint density at radius 3 is 2.62 bits per heavy atom. The Kier molecular flexibility index (Phi) is 4.56. The van der Waals surface area contributed by atoms with Gasteiger partial charge in [-0.1, -0.05) is 42.5 Å². The summed E-state index contributed by atoms with van der Waals surface area (Å²) in [4.78, 5) is 2.46. The second-order valence-electron chi connectivity index (χ2n) is 5.66. The van der Waals surface area contributed by atoms with Crippen LogP contribution < -0.4 is 10.2 Å². The quantitative estimate of drug-likeness (QED) is 0.896. The van der Waals surface area contributed by atoms with Gasteiger partial charge in [0.1, 0.15) is 0 Å². The van der Waals surface area contributed by atoms with Gasteiger partial charge < -0.3 is 10.2 Å². The molecule has 1 heterocycles. The summed E-state index contributed by atoms with van der Waals surface area (Å²) >= 11 is 0. The molecule has 0 amide bonds. The van der Waals surface area contributed by atoms with Crippen molar-refractivity contribution in [3.63, 3.8) is 0 Å². The monoisotopic (exact) mass is 280 g/mol. The maximum Gasteiger partial charge on any atom is 0.0366 e. The minimum absolute atomic E-state index is 0.493. The molecule has 2 nitrogen and oxygen atoms in total. The van der Waals surface area contributed by atoms with Crippen molar-refractivity contribution >= 4 is 5.69 Å². The van der Waals surface area contributed by atoms with Crippen molar-refractivity contribution in [2.75, 3.05) is 24.5 Å². The lowest BCUT2D eigenvalue weighted by atomic mass is 9.92. The minimum Gasteiger partial charge on any atom is -0.372 e. The van der Waals surface area contributed by atoms with Crippen molar-refractivity contribution in [2.45, 2.75) is 25.8 Å². The Labute approximate surface area is 127 Å². The van der Waals surface area contributed by atoms with Gasteiger partial charge in [-0.05, 0) is 49.6 Å². The van der Waals surface area contributed by atoms with Crippen LogP contribution in [0.4, 0.5) is 5.69 Å². The van der Waals surface area contributed by atoms with Crippen molar-refractivity contribution < 1.29 is 0 Å². The van der Waals surface area contributed by atoms with Crippen molar-refractivity contribution in [3.8, 4) is 0 Å². The van der Waals surface area contributed by atoms with Gasteiger partial charge in [0.05, 0.1) is 0 Å². The fourth-order valence-corrected chi connectivity index (χ4v) is 3.24. The summed E-state index contributed by atoms with van der Waals surface area (Å²) in [5.74, 6) is 0. The molecule has 0 fully saturated rings. The highest BCUT2D eigenvalue weighted by molar-refractivity contribution is 5.45. The van der Waals surface area contributed by atoms with Crippen LogP contribution in [0.5, 0.6) is 0 Å². The lowest BCUT2D eigenvalue weighted by Gasteiger charge is -2.30. The van der Waals surface area contributed by atoms with Gasteiger partial charge in [0.25, 0.3) is 0 Å². The van der Waals surface area contributed by atoms with E-state index in [4.69, 9.17) is 0 Å². The molecule has 2 heteroatoms. The van der Waals surface area contributed by atoms with Gasteiger partial charge in [0.2, 0.25) is 0 Å². The molecule has 1 aliphatic heterocycles. The van der Waals surface area contributed by atoms with Crippen LogP contribution in [0.1, 0.15) is 30.5 Å². The number of rotatable bonds is 5. The van der Waals surface area contributed by atoms with E-state index in [-0.39, 0.29) is 0 Å². The van der Waals surface area contributed by atoms with E-state index in [2.05, 4.69) is 71.7 Å². The highest BCUT2D eigenvalue weighted by atomic mass is 15.1. The highest BCUT2D eigenvalue weighted by Gasteiger charge is 2.19. The Bertz CT molecular complexity index is 565. The van der Waals surface area contributed by atoms with Gasteiger partial charge in [-0.25, -0.2) is 0 Å². The first kappa shape index (κ1) is 14.2. The number of hydrogen-bond acceptors (Lipinski definition) is 2. The molecule has 1 aliphatic rings. The lowest BCUT2D eigenvalue weighted by Crippen LogP contribution is -2.33. The van der Waals surface area contributed by atoms with Crippen LogP contribution in [0.3, 0.4) is 0 Å². The Morgan fingerprint density at radius 1 is 1.05 bits per heavy atom. The van der Waals surface area contributed by atoms with Crippen molar-refractivity contribution in [1.82, 2.24) is 5.32 Å². The summed E-state index contributed by atoms with van der Waals surface area (Å²) in [7, 11) is 0. The van der Waals surface area contributed by atoms with E-state index < -0.39 is 0 Å². The van der Waals surface area contributed by atoms with E-state index >= 15 is 0 Å². The Hall–Kier alpha value is -1.80. The van der Waals surface area contributed by atoms with Gasteiger partial charge in [-0.3, -0.25) is 0 Å².